The summed E-state index contributed by atoms with van der Waals surface area (Å²) in [6.45, 7) is 3.53. The minimum Gasteiger partial charge on any atom is -0.481 e. The van der Waals surface area contributed by atoms with Gasteiger partial charge in [0.1, 0.15) is 0 Å². The van der Waals surface area contributed by atoms with E-state index in [1.54, 1.807) is 13.8 Å². The summed E-state index contributed by atoms with van der Waals surface area (Å²) in [5.74, 6) is -2.48. The van der Waals surface area contributed by atoms with Gasteiger partial charge in [0.25, 0.3) is 0 Å². The number of aromatic nitrogens is 2. The summed E-state index contributed by atoms with van der Waals surface area (Å²) in [4.78, 5) is 14.8. The average molecular weight is 296 g/mol. The molecule has 2 rings (SSSR count). The molecule has 5 nitrogen and oxygen atoms in total. The van der Waals surface area contributed by atoms with Crippen molar-refractivity contribution >= 4 is 5.97 Å². The minimum atomic E-state index is -0.995. The number of carboxylic acids is 1. The number of rotatable bonds is 5. The molecule has 0 atom stereocenters. The van der Waals surface area contributed by atoms with Gasteiger partial charge in [0, 0.05) is 12.0 Å². The molecule has 21 heavy (non-hydrogen) atoms. The predicted octanol–water partition coefficient (Wildman–Crippen LogP) is 3.06. The fourth-order valence-corrected chi connectivity index (χ4v) is 1.96. The van der Waals surface area contributed by atoms with Crippen molar-refractivity contribution in [2.75, 3.05) is 0 Å². The number of carbonyl (C=O) groups is 1. The third-order valence-electron chi connectivity index (χ3n) is 2.91. The summed E-state index contributed by atoms with van der Waals surface area (Å²) >= 11 is 0. The highest BCUT2D eigenvalue weighted by Gasteiger charge is 2.25. The largest absolute Gasteiger partial charge is 0.481 e. The van der Waals surface area contributed by atoms with Gasteiger partial charge < -0.3 is 9.63 Å². The van der Waals surface area contributed by atoms with Crippen molar-refractivity contribution in [3.8, 4) is 11.4 Å². The second kappa shape index (κ2) is 5.59. The van der Waals surface area contributed by atoms with Crippen molar-refractivity contribution in [3.05, 3.63) is 35.7 Å². The molecule has 7 heteroatoms. The first-order chi connectivity index (χ1) is 9.77. The molecule has 0 unspecified atom stereocenters. The van der Waals surface area contributed by atoms with E-state index >= 15 is 0 Å². The van der Waals surface area contributed by atoms with Crippen LogP contribution in [0.5, 0.6) is 0 Å². The van der Waals surface area contributed by atoms with Gasteiger partial charge in [-0.25, -0.2) is 8.78 Å². The lowest BCUT2D eigenvalue weighted by atomic mass is 9.86. The van der Waals surface area contributed by atoms with Gasteiger partial charge in [-0.3, -0.25) is 4.79 Å². The molecule has 2 aromatic rings. The van der Waals surface area contributed by atoms with E-state index in [4.69, 9.17) is 9.63 Å². The number of halogens is 2. The fourth-order valence-electron chi connectivity index (χ4n) is 1.96. The number of carboxylic acid groups (broad SMARTS) is 1. The van der Waals surface area contributed by atoms with Crippen LogP contribution in [0.25, 0.3) is 11.4 Å². The molecule has 0 radical (unpaired) electrons. The molecule has 0 spiro atoms. The van der Waals surface area contributed by atoms with Crippen molar-refractivity contribution in [1.29, 1.82) is 0 Å². The Balaban J connectivity index is 2.18. The first-order valence-corrected chi connectivity index (χ1v) is 6.27. The Morgan fingerprint density at radius 3 is 2.67 bits per heavy atom. The number of benzene rings is 1. The van der Waals surface area contributed by atoms with Crippen molar-refractivity contribution in [2.24, 2.45) is 5.41 Å². The molecule has 1 N–H and O–H groups in total. The molecule has 0 saturated carbocycles. The van der Waals surface area contributed by atoms with Gasteiger partial charge >= 0.3 is 5.97 Å². The summed E-state index contributed by atoms with van der Waals surface area (Å²) in [6, 6.07) is 3.30. The van der Waals surface area contributed by atoms with E-state index < -0.39 is 23.0 Å². The third kappa shape index (κ3) is 3.84. The molecular weight excluding hydrogens is 282 g/mol. The van der Waals surface area contributed by atoms with Gasteiger partial charge in [0.05, 0.1) is 6.42 Å². The van der Waals surface area contributed by atoms with Gasteiger partial charge in [0.15, 0.2) is 11.6 Å². The van der Waals surface area contributed by atoms with Gasteiger partial charge in [-0.1, -0.05) is 19.0 Å². The topological polar surface area (TPSA) is 76.2 Å². The van der Waals surface area contributed by atoms with Crippen LogP contribution in [0.4, 0.5) is 8.78 Å². The van der Waals surface area contributed by atoms with Crippen LogP contribution in [0, 0.1) is 17.0 Å². The summed E-state index contributed by atoms with van der Waals surface area (Å²) in [5, 5.41) is 12.5. The Hall–Kier alpha value is -2.31. The second-order valence-corrected chi connectivity index (χ2v) is 5.55. The minimum absolute atomic E-state index is 0.0457. The van der Waals surface area contributed by atoms with Crippen LogP contribution in [0.2, 0.25) is 0 Å². The zero-order chi connectivity index (χ0) is 15.6. The molecule has 1 aromatic carbocycles. The molecule has 0 aliphatic carbocycles. The quantitative estimate of drug-likeness (QED) is 0.917. The second-order valence-electron chi connectivity index (χ2n) is 5.55. The standard InChI is InChI=1S/C14H14F2N2O3/c1-14(2,7-12(19)20)6-11-17-13(18-21-11)8-3-4-9(15)10(16)5-8/h3-5H,6-7H2,1-2H3,(H,19,20). The van der Waals surface area contributed by atoms with Crippen LogP contribution in [0.15, 0.2) is 22.7 Å². The number of nitrogens with zero attached hydrogens (tertiary/aromatic N) is 2. The van der Waals surface area contributed by atoms with E-state index in [0.717, 1.165) is 12.1 Å². The Bertz CT molecular complexity index is 668. The van der Waals surface area contributed by atoms with Gasteiger partial charge in [-0.2, -0.15) is 4.98 Å². The SMILES string of the molecule is CC(C)(CC(=O)O)Cc1nc(-c2ccc(F)c(F)c2)no1. The van der Waals surface area contributed by atoms with Gasteiger partial charge in [-0.15, -0.1) is 0 Å². The van der Waals surface area contributed by atoms with Gasteiger partial charge in [0.2, 0.25) is 11.7 Å². The highest BCUT2D eigenvalue weighted by Crippen LogP contribution is 2.26. The Morgan fingerprint density at radius 2 is 2.05 bits per heavy atom. The Labute approximate surface area is 119 Å². The van der Waals surface area contributed by atoms with Gasteiger partial charge in [-0.05, 0) is 23.6 Å². The van der Waals surface area contributed by atoms with Crippen LogP contribution in [-0.4, -0.2) is 21.2 Å². The molecule has 0 fully saturated rings. The fraction of sp³-hybridized carbons (Fsp3) is 0.357. The van der Waals surface area contributed by atoms with Crippen LogP contribution in [0.1, 0.15) is 26.2 Å². The maximum atomic E-state index is 13.2. The third-order valence-corrected chi connectivity index (χ3v) is 2.91. The summed E-state index contributed by atoms with van der Waals surface area (Å²) in [7, 11) is 0. The highest BCUT2D eigenvalue weighted by molar-refractivity contribution is 5.67. The summed E-state index contributed by atoms with van der Waals surface area (Å²) in [6.07, 6.45) is 0.228. The molecule has 0 aliphatic heterocycles. The molecule has 0 bridgehead atoms. The van der Waals surface area contributed by atoms with E-state index in [1.807, 2.05) is 0 Å². The van der Waals surface area contributed by atoms with E-state index in [9.17, 15) is 13.6 Å². The zero-order valence-corrected chi connectivity index (χ0v) is 11.6. The Kier molecular flexibility index (Phi) is 4.02. The van der Waals surface area contributed by atoms with Crippen LogP contribution in [-0.2, 0) is 11.2 Å². The first-order valence-electron chi connectivity index (χ1n) is 6.27. The average Bonchev–Trinajstić information content (AvgIpc) is 2.78. The molecule has 1 heterocycles. The lowest BCUT2D eigenvalue weighted by Crippen LogP contribution is -2.19. The van der Waals surface area contributed by atoms with Crippen molar-refractivity contribution < 1.29 is 23.2 Å². The smallest absolute Gasteiger partial charge is 0.303 e. The maximum Gasteiger partial charge on any atom is 0.303 e. The van der Waals surface area contributed by atoms with Crippen LogP contribution < -0.4 is 0 Å². The number of hydrogen-bond acceptors (Lipinski definition) is 4. The Morgan fingerprint density at radius 1 is 1.33 bits per heavy atom. The van der Waals surface area contributed by atoms with E-state index in [2.05, 4.69) is 10.1 Å². The molecule has 0 saturated heterocycles. The predicted molar refractivity (Wildman–Crippen MR) is 69.4 cm³/mol. The lowest BCUT2D eigenvalue weighted by Gasteiger charge is -2.19. The van der Waals surface area contributed by atoms with E-state index in [1.165, 1.54) is 6.07 Å². The highest BCUT2D eigenvalue weighted by atomic mass is 19.2. The lowest BCUT2D eigenvalue weighted by molar-refractivity contribution is -0.139. The number of hydrogen-bond donors (Lipinski definition) is 1. The monoisotopic (exact) mass is 296 g/mol. The molecular formula is C14H14F2N2O3. The summed E-state index contributed by atoms with van der Waals surface area (Å²) < 4.78 is 31.1. The van der Waals surface area contributed by atoms with Crippen molar-refractivity contribution in [1.82, 2.24) is 10.1 Å². The van der Waals surface area contributed by atoms with Crippen LogP contribution >= 0.6 is 0 Å². The molecule has 112 valence electrons. The molecule has 0 aliphatic rings. The summed E-state index contributed by atoms with van der Waals surface area (Å²) in [5.41, 5.74) is -0.260. The first kappa shape index (κ1) is 15.1. The normalized spacial score (nSPS) is 11.6. The van der Waals surface area contributed by atoms with Crippen molar-refractivity contribution in [3.63, 3.8) is 0 Å². The molecule has 0 amide bonds. The maximum absolute atomic E-state index is 13.2. The zero-order valence-electron chi connectivity index (χ0n) is 11.6. The number of aliphatic carboxylic acids is 1. The van der Waals surface area contributed by atoms with Crippen molar-refractivity contribution in [2.45, 2.75) is 26.7 Å². The molecule has 1 aromatic heterocycles. The van der Waals surface area contributed by atoms with E-state index in [0.29, 0.717) is 5.56 Å². The van der Waals surface area contributed by atoms with Crippen LogP contribution in [0.3, 0.4) is 0 Å². The van der Waals surface area contributed by atoms with E-state index in [-0.39, 0.29) is 24.6 Å².